The van der Waals surface area contributed by atoms with Crippen molar-refractivity contribution in [3.8, 4) is 0 Å². The number of ketones is 1. The molecule has 9 heteroatoms. The predicted molar refractivity (Wildman–Crippen MR) is 165 cm³/mol. The normalized spacial score (nSPS) is 17.3. The molecule has 242 valence electrons. The summed E-state index contributed by atoms with van der Waals surface area (Å²) in [4.78, 5) is 39.5. The molecule has 4 atom stereocenters. The first kappa shape index (κ1) is 39.5. The fourth-order valence-electron chi connectivity index (χ4n) is 5.43. The van der Waals surface area contributed by atoms with Gasteiger partial charge in [-0.2, -0.15) is 0 Å². The molecule has 0 radical (unpaired) electrons. The van der Waals surface area contributed by atoms with E-state index in [1.54, 1.807) is 48.5 Å². The summed E-state index contributed by atoms with van der Waals surface area (Å²) in [5.41, 5.74) is -4.13. The van der Waals surface area contributed by atoms with Crippen LogP contribution in [0, 0.1) is 22.2 Å². The van der Waals surface area contributed by atoms with Gasteiger partial charge in [0.2, 0.25) is 11.8 Å². The van der Waals surface area contributed by atoms with Crippen molar-refractivity contribution in [2.75, 3.05) is 13.2 Å². The summed E-state index contributed by atoms with van der Waals surface area (Å²) in [6.07, 6.45) is -0.927. The number of carbonyl (C=O) groups excluding carboxylic acids is 3. The lowest BCUT2D eigenvalue weighted by molar-refractivity contribution is -0.154. The highest BCUT2D eigenvalue weighted by Crippen LogP contribution is 2.37. The van der Waals surface area contributed by atoms with Crippen LogP contribution in [0.2, 0.25) is 0 Å². The van der Waals surface area contributed by atoms with Crippen LogP contribution in [0.5, 0.6) is 0 Å². The Morgan fingerprint density at radius 1 is 0.780 bits per heavy atom. The van der Waals surface area contributed by atoms with Crippen molar-refractivity contribution in [2.45, 2.75) is 151 Å². The summed E-state index contributed by atoms with van der Waals surface area (Å²) >= 11 is 0. The third-order valence-electron chi connectivity index (χ3n) is 8.37. The summed E-state index contributed by atoms with van der Waals surface area (Å²) < 4.78 is 0. The van der Waals surface area contributed by atoms with Crippen LogP contribution in [0.3, 0.4) is 0 Å². The van der Waals surface area contributed by atoms with Gasteiger partial charge in [0.25, 0.3) is 0 Å². The number of aliphatic hydroxyl groups excluding tert-OH is 3. The van der Waals surface area contributed by atoms with Gasteiger partial charge < -0.3 is 31.3 Å². The Morgan fingerprint density at radius 2 is 1.27 bits per heavy atom. The molecule has 0 aromatic carbocycles. The molecule has 0 aromatic rings. The van der Waals surface area contributed by atoms with Gasteiger partial charge in [-0.15, -0.1) is 0 Å². The second-order valence-electron chi connectivity index (χ2n) is 16.0. The number of Topliss-reactive ketones (excluding diaryl/α,β-unsaturated/α-hetero) is 1. The lowest BCUT2D eigenvalue weighted by Gasteiger charge is -2.42. The lowest BCUT2D eigenvalue weighted by Crippen LogP contribution is -2.60. The Balaban J connectivity index is 5.46. The Morgan fingerprint density at radius 3 is 1.71 bits per heavy atom. The van der Waals surface area contributed by atoms with Gasteiger partial charge in [-0.1, -0.05) is 55.4 Å². The quantitative estimate of drug-likeness (QED) is 0.152. The fourth-order valence-corrected chi connectivity index (χ4v) is 5.43. The summed E-state index contributed by atoms with van der Waals surface area (Å²) in [5, 5.41) is 41.0. The molecule has 0 spiro atoms. The highest BCUT2D eigenvalue weighted by Gasteiger charge is 2.49. The molecule has 0 rings (SSSR count). The minimum absolute atomic E-state index is 0.0103. The smallest absolute Gasteiger partial charge is 0.226 e. The zero-order valence-electron chi connectivity index (χ0n) is 28.5. The molecule has 0 saturated carbocycles. The monoisotopic (exact) mass is 585 g/mol. The van der Waals surface area contributed by atoms with E-state index in [9.17, 15) is 29.7 Å². The number of aliphatic hydroxyl groups is 3. The van der Waals surface area contributed by atoms with Crippen LogP contribution in [-0.2, 0) is 14.4 Å². The molecular formula is C32H63N3O6. The molecule has 6 N–H and O–H groups in total. The number of amides is 2. The molecule has 41 heavy (non-hydrogen) atoms. The van der Waals surface area contributed by atoms with Crippen LogP contribution in [0.4, 0.5) is 0 Å². The highest BCUT2D eigenvalue weighted by atomic mass is 16.3. The molecule has 0 fully saturated rings. The van der Waals surface area contributed by atoms with E-state index in [2.05, 4.69) is 36.7 Å². The Hall–Kier alpha value is -1.55. The zero-order valence-corrected chi connectivity index (χ0v) is 28.5. The first-order valence-corrected chi connectivity index (χ1v) is 15.1. The SMILES string of the molecule is CCC(C)(C(O)C(=O)C(C)(C)NCCC(C)(C)NC(=O)C(C)(C)CC(C)(C)C)C(O)C(C)C(=O)NC(C)(C)CCO. The highest BCUT2D eigenvalue weighted by molar-refractivity contribution is 5.92. The Kier molecular flexibility index (Phi) is 13.7. The topological polar surface area (TPSA) is 148 Å². The molecule has 0 aromatic heterocycles. The van der Waals surface area contributed by atoms with Crippen molar-refractivity contribution in [1.29, 1.82) is 0 Å². The van der Waals surface area contributed by atoms with E-state index in [4.69, 9.17) is 0 Å². The fraction of sp³-hybridized carbons (Fsp3) is 0.906. The van der Waals surface area contributed by atoms with E-state index in [1.807, 2.05) is 27.7 Å². The molecule has 0 bridgehead atoms. The number of rotatable bonds is 17. The number of carbonyl (C=O) groups is 3. The molecule has 0 heterocycles. The van der Waals surface area contributed by atoms with E-state index in [1.165, 1.54) is 0 Å². The largest absolute Gasteiger partial charge is 0.396 e. The van der Waals surface area contributed by atoms with E-state index in [-0.39, 0.29) is 24.3 Å². The first-order chi connectivity index (χ1) is 18.2. The predicted octanol–water partition coefficient (Wildman–Crippen LogP) is 3.72. The van der Waals surface area contributed by atoms with Crippen molar-refractivity contribution < 1.29 is 29.7 Å². The maximum Gasteiger partial charge on any atom is 0.226 e. The van der Waals surface area contributed by atoms with E-state index in [0.717, 1.165) is 6.42 Å². The van der Waals surface area contributed by atoms with Crippen molar-refractivity contribution in [3.63, 3.8) is 0 Å². The molecule has 4 unspecified atom stereocenters. The second kappa shape index (κ2) is 14.3. The van der Waals surface area contributed by atoms with Crippen LogP contribution in [0.15, 0.2) is 0 Å². The number of hydrogen-bond donors (Lipinski definition) is 6. The summed E-state index contributed by atoms with van der Waals surface area (Å²) in [7, 11) is 0. The molecule has 2 amide bonds. The minimum atomic E-state index is -1.53. The van der Waals surface area contributed by atoms with Crippen LogP contribution in [0.25, 0.3) is 0 Å². The maximum atomic E-state index is 13.6. The van der Waals surface area contributed by atoms with Gasteiger partial charge in [0, 0.05) is 28.5 Å². The molecule has 0 aliphatic rings. The van der Waals surface area contributed by atoms with Gasteiger partial charge in [-0.3, -0.25) is 14.4 Å². The van der Waals surface area contributed by atoms with E-state index >= 15 is 0 Å². The zero-order chi connectivity index (χ0) is 32.8. The van der Waals surface area contributed by atoms with Crippen molar-refractivity contribution >= 4 is 17.6 Å². The molecular weight excluding hydrogens is 522 g/mol. The lowest BCUT2D eigenvalue weighted by atomic mass is 9.68. The summed E-state index contributed by atoms with van der Waals surface area (Å²) in [6, 6.07) is 0. The molecule has 0 saturated heterocycles. The Bertz CT molecular complexity index is 890. The van der Waals surface area contributed by atoms with E-state index in [0.29, 0.717) is 19.4 Å². The average Bonchev–Trinajstić information content (AvgIpc) is 2.78. The molecule has 0 aliphatic carbocycles. The summed E-state index contributed by atoms with van der Waals surface area (Å²) in [6.45, 7) is 26.4. The van der Waals surface area contributed by atoms with Gasteiger partial charge in [0.05, 0.1) is 17.6 Å². The number of nitrogens with one attached hydrogen (secondary N) is 3. The molecule has 9 nitrogen and oxygen atoms in total. The first-order valence-electron chi connectivity index (χ1n) is 15.1. The van der Waals surface area contributed by atoms with E-state index < -0.39 is 57.3 Å². The second-order valence-corrected chi connectivity index (χ2v) is 16.0. The third-order valence-corrected chi connectivity index (χ3v) is 8.37. The van der Waals surface area contributed by atoms with Gasteiger partial charge in [0.15, 0.2) is 5.78 Å². The van der Waals surface area contributed by atoms with Crippen LogP contribution >= 0.6 is 0 Å². The van der Waals surface area contributed by atoms with Crippen molar-refractivity contribution in [2.24, 2.45) is 22.2 Å². The van der Waals surface area contributed by atoms with Gasteiger partial charge in [-0.25, -0.2) is 0 Å². The van der Waals surface area contributed by atoms with Gasteiger partial charge in [0.1, 0.15) is 6.10 Å². The van der Waals surface area contributed by atoms with Crippen LogP contribution in [-0.4, -0.2) is 74.9 Å². The Labute approximate surface area is 250 Å². The van der Waals surface area contributed by atoms with Crippen LogP contribution in [0.1, 0.15) is 123 Å². The molecule has 0 aliphatic heterocycles. The van der Waals surface area contributed by atoms with Gasteiger partial charge in [-0.05, 0) is 79.2 Å². The summed E-state index contributed by atoms with van der Waals surface area (Å²) in [5.74, 6) is -1.82. The maximum absolute atomic E-state index is 13.6. The number of hydrogen-bond acceptors (Lipinski definition) is 7. The van der Waals surface area contributed by atoms with Gasteiger partial charge >= 0.3 is 0 Å². The standard InChI is InChI=1S/C32H63N3O6/c1-15-32(14,22(37)21(2)25(40)34-30(10,11)17-19-36)24(39)23(38)31(12,13)33-18-16-29(8,9)35-26(41)28(6,7)20-27(3,4)5/h21-22,24,33,36-37,39H,15-20H2,1-14H3,(H,34,40)(H,35,41). The van der Waals surface area contributed by atoms with Crippen molar-refractivity contribution in [3.05, 3.63) is 0 Å². The van der Waals surface area contributed by atoms with Crippen LogP contribution < -0.4 is 16.0 Å². The average molecular weight is 586 g/mol. The minimum Gasteiger partial charge on any atom is -0.396 e. The third kappa shape index (κ3) is 11.9. The van der Waals surface area contributed by atoms with Crippen molar-refractivity contribution in [1.82, 2.24) is 16.0 Å².